The standard InChI is InChI=1S/C38H44F3N5O3/c1-2-12-31-19-9-10-20-45(31)37(49)34-23-33(44-46(34)26-28-15-7-4-8-16-28)36(48)43-32(22-27-13-5-3-6-14-27)35(47)25-42-24-29-17-11-18-30(21-29)38(39,40)41/h3-8,11,13-18,21,23,31-32,35,42,47H,2,9-10,12,19-20,22,24-26H2,1H3,(H,43,48)/t31?,32-,35-/m0/s1. The van der Waals surface area contributed by atoms with Gasteiger partial charge in [0, 0.05) is 31.7 Å². The Labute approximate surface area is 285 Å². The maximum atomic E-state index is 14.0. The molecule has 260 valence electrons. The van der Waals surface area contributed by atoms with Crippen LogP contribution in [0.3, 0.4) is 0 Å². The Balaban J connectivity index is 1.35. The summed E-state index contributed by atoms with van der Waals surface area (Å²) in [5.41, 5.74) is 1.88. The summed E-state index contributed by atoms with van der Waals surface area (Å²) in [6.45, 7) is 3.17. The van der Waals surface area contributed by atoms with Crippen LogP contribution in [0.25, 0.3) is 0 Å². The van der Waals surface area contributed by atoms with Crippen LogP contribution in [0, 0.1) is 0 Å². The van der Waals surface area contributed by atoms with Crippen LogP contribution in [-0.4, -0.2) is 62.9 Å². The van der Waals surface area contributed by atoms with Gasteiger partial charge in [-0.05, 0) is 54.9 Å². The van der Waals surface area contributed by atoms with E-state index in [0.717, 1.165) is 55.4 Å². The van der Waals surface area contributed by atoms with E-state index < -0.39 is 29.8 Å². The second-order valence-electron chi connectivity index (χ2n) is 12.7. The van der Waals surface area contributed by atoms with Crippen molar-refractivity contribution in [2.45, 2.75) is 82.9 Å². The average Bonchev–Trinajstić information content (AvgIpc) is 3.52. The number of aliphatic hydroxyl groups excluding tert-OH is 1. The van der Waals surface area contributed by atoms with Crippen molar-refractivity contribution in [2.24, 2.45) is 0 Å². The van der Waals surface area contributed by atoms with Gasteiger partial charge in [-0.3, -0.25) is 14.3 Å². The van der Waals surface area contributed by atoms with E-state index in [9.17, 15) is 27.9 Å². The van der Waals surface area contributed by atoms with Crippen LogP contribution in [0.5, 0.6) is 0 Å². The Hall–Kier alpha value is -4.48. The molecular weight excluding hydrogens is 631 g/mol. The number of nitrogens with zero attached hydrogens (tertiary/aromatic N) is 3. The number of halogens is 3. The SMILES string of the molecule is CCCC1CCCCN1C(=O)c1cc(C(=O)N[C@@H](Cc2ccccc2)[C@@H](O)CNCc2cccc(C(F)(F)F)c2)nn1Cc1ccccc1. The zero-order valence-electron chi connectivity index (χ0n) is 27.7. The van der Waals surface area contributed by atoms with Crippen molar-refractivity contribution in [3.05, 3.63) is 125 Å². The lowest BCUT2D eigenvalue weighted by molar-refractivity contribution is -0.137. The lowest BCUT2D eigenvalue weighted by Gasteiger charge is -2.35. The van der Waals surface area contributed by atoms with Gasteiger partial charge in [0.15, 0.2) is 5.69 Å². The third-order valence-corrected chi connectivity index (χ3v) is 8.93. The number of likely N-dealkylation sites (tertiary alicyclic amines) is 1. The summed E-state index contributed by atoms with van der Waals surface area (Å²) < 4.78 is 41.1. The Morgan fingerprint density at radius 1 is 0.939 bits per heavy atom. The van der Waals surface area contributed by atoms with Crippen molar-refractivity contribution in [2.75, 3.05) is 13.1 Å². The fraction of sp³-hybridized carbons (Fsp3) is 0.395. The van der Waals surface area contributed by atoms with Gasteiger partial charge in [0.2, 0.25) is 0 Å². The van der Waals surface area contributed by atoms with E-state index in [1.54, 1.807) is 10.7 Å². The molecule has 1 fully saturated rings. The average molecular weight is 676 g/mol. The Bertz CT molecular complexity index is 1660. The van der Waals surface area contributed by atoms with E-state index in [1.165, 1.54) is 12.1 Å². The summed E-state index contributed by atoms with van der Waals surface area (Å²) in [7, 11) is 0. The number of carbonyl (C=O) groups is 2. The van der Waals surface area contributed by atoms with E-state index in [-0.39, 0.29) is 30.7 Å². The summed E-state index contributed by atoms with van der Waals surface area (Å²) in [6, 6.07) is 24.9. The van der Waals surface area contributed by atoms with E-state index >= 15 is 0 Å². The maximum absolute atomic E-state index is 14.0. The van der Waals surface area contributed by atoms with Crippen molar-refractivity contribution in [3.8, 4) is 0 Å². The third kappa shape index (κ3) is 9.79. The smallest absolute Gasteiger partial charge is 0.390 e. The first-order chi connectivity index (χ1) is 23.6. The van der Waals surface area contributed by atoms with Crippen LogP contribution >= 0.6 is 0 Å². The first-order valence-electron chi connectivity index (χ1n) is 16.9. The molecule has 2 amide bonds. The Kier molecular flexibility index (Phi) is 12.2. The molecule has 1 unspecified atom stereocenters. The van der Waals surface area contributed by atoms with Crippen molar-refractivity contribution in [3.63, 3.8) is 0 Å². The highest BCUT2D eigenvalue weighted by Gasteiger charge is 2.32. The number of rotatable bonds is 14. The molecule has 49 heavy (non-hydrogen) atoms. The summed E-state index contributed by atoms with van der Waals surface area (Å²) in [6.07, 6.45) is -0.436. The van der Waals surface area contributed by atoms with Gasteiger partial charge < -0.3 is 20.6 Å². The van der Waals surface area contributed by atoms with Crippen LogP contribution in [0.4, 0.5) is 13.2 Å². The molecule has 0 saturated carbocycles. The van der Waals surface area contributed by atoms with Gasteiger partial charge in [-0.1, -0.05) is 92.2 Å². The minimum Gasteiger partial charge on any atom is -0.390 e. The molecule has 3 aromatic carbocycles. The summed E-state index contributed by atoms with van der Waals surface area (Å²) in [5, 5.41) is 21.8. The van der Waals surface area contributed by atoms with Gasteiger partial charge in [-0.25, -0.2) is 0 Å². The van der Waals surface area contributed by atoms with E-state index in [4.69, 9.17) is 0 Å². The number of carbonyl (C=O) groups excluding carboxylic acids is 2. The largest absolute Gasteiger partial charge is 0.416 e. The molecule has 11 heteroatoms. The van der Waals surface area contributed by atoms with Crippen LogP contribution in [0.1, 0.15) is 82.3 Å². The van der Waals surface area contributed by atoms with Crippen LogP contribution in [0.2, 0.25) is 0 Å². The quantitative estimate of drug-likeness (QED) is 0.147. The van der Waals surface area contributed by atoms with Gasteiger partial charge in [0.1, 0.15) is 5.69 Å². The van der Waals surface area contributed by atoms with Crippen molar-refractivity contribution < 1.29 is 27.9 Å². The number of alkyl halides is 3. The van der Waals surface area contributed by atoms with Crippen molar-refractivity contribution >= 4 is 11.8 Å². The molecule has 1 aliphatic rings. The van der Waals surface area contributed by atoms with Gasteiger partial charge in [-0.15, -0.1) is 0 Å². The summed E-state index contributed by atoms with van der Waals surface area (Å²) in [4.78, 5) is 29.8. The van der Waals surface area contributed by atoms with Crippen molar-refractivity contribution in [1.82, 2.24) is 25.3 Å². The topological polar surface area (TPSA) is 99.5 Å². The number of hydrogen-bond donors (Lipinski definition) is 3. The van der Waals surface area contributed by atoms with E-state index in [2.05, 4.69) is 22.7 Å². The number of nitrogens with one attached hydrogen (secondary N) is 2. The molecule has 3 N–H and O–H groups in total. The minimum atomic E-state index is -4.45. The zero-order chi connectivity index (χ0) is 34.8. The molecule has 0 aliphatic carbocycles. The highest BCUT2D eigenvalue weighted by atomic mass is 19.4. The van der Waals surface area contributed by atoms with E-state index in [0.29, 0.717) is 30.8 Å². The molecule has 0 radical (unpaired) electrons. The monoisotopic (exact) mass is 675 g/mol. The third-order valence-electron chi connectivity index (χ3n) is 8.93. The lowest BCUT2D eigenvalue weighted by Crippen LogP contribution is -2.48. The normalized spacial score (nSPS) is 16.3. The van der Waals surface area contributed by atoms with Gasteiger partial charge in [0.25, 0.3) is 11.8 Å². The fourth-order valence-electron chi connectivity index (χ4n) is 6.38. The lowest BCUT2D eigenvalue weighted by atomic mass is 9.98. The second kappa shape index (κ2) is 16.8. The number of benzene rings is 3. The Morgan fingerprint density at radius 3 is 2.33 bits per heavy atom. The summed E-state index contributed by atoms with van der Waals surface area (Å²) in [5.74, 6) is -0.692. The first kappa shape index (κ1) is 35.8. The van der Waals surface area contributed by atoms with Gasteiger partial charge in [0.05, 0.1) is 24.3 Å². The van der Waals surface area contributed by atoms with Crippen LogP contribution in [-0.2, 0) is 25.7 Å². The molecule has 2 heterocycles. The molecule has 5 rings (SSSR count). The molecule has 3 atom stereocenters. The molecule has 8 nitrogen and oxygen atoms in total. The predicted octanol–water partition coefficient (Wildman–Crippen LogP) is 6.24. The molecule has 0 bridgehead atoms. The maximum Gasteiger partial charge on any atom is 0.416 e. The zero-order valence-corrected chi connectivity index (χ0v) is 27.7. The highest BCUT2D eigenvalue weighted by Crippen LogP contribution is 2.29. The van der Waals surface area contributed by atoms with Gasteiger partial charge >= 0.3 is 6.18 Å². The number of aromatic nitrogens is 2. The molecule has 4 aromatic rings. The van der Waals surface area contributed by atoms with E-state index in [1.807, 2.05) is 65.6 Å². The number of amides is 2. The molecule has 1 saturated heterocycles. The Morgan fingerprint density at radius 2 is 1.63 bits per heavy atom. The molecule has 1 aliphatic heterocycles. The summed E-state index contributed by atoms with van der Waals surface area (Å²) >= 11 is 0. The number of hydrogen-bond acceptors (Lipinski definition) is 5. The minimum absolute atomic E-state index is 0.00792. The second-order valence-corrected chi connectivity index (χ2v) is 12.7. The number of piperidine rings is 1. The van der Waals surface area contributed by atoms with Crippen LogP contribution in [0.15, 0.2) is 91.0 Å². The number of aliphatic hydroxyl groups is 1. The predicted molar refractivity (Wildman–Crippen MR) is 182 cm³/mol. The molecule has 1 aromatic heterocycles. The van der Waals surface area contributed by atoms with Gasteiger partial charge in [-0.2, -0.15) is 18.3 Å². The first-order valence-corrected chi connectivity index (χ1v) is 16.9. The van der Waals surface area contributed by atoms with Crippen molar-refractivity contribution in [1.29, 1.82) is 0 Å². The highest BCUT2D eigenvalue weighted by molar-refractivity contribution is 5.98. The van der Waals surface area contributed by atoms with Crippen LogP contribution < -0.4 is 10.6 Å². The fourth-order valence-corrected chi connectivity index (χ4v) is 6.38. The molecule has 0 spiro atoms. The molecular formula is C38H44F3N5O3.